The van der Waals surface area contributed by atoms with E-state index in [0.717, 1.165) is 0 Å². The zero-order valence-corrected chi connectivity index (χ0v) is 12.2. The summed E-state index contributed by atoms with van der Waals surface area (Å²) in [5.74, 6) is -1.37. The highest BCUT2D eigenvalue weighted by atomic mass is 35.5. The highest BCUT2D eigenvalue weighted by Gasteiger charge is 2.22. The van der Waals surface area contributed by atoms with Gasteiger partial charge in [0.25, 0.3) is 0 Å². The van der Waals surface area contributed by atoms with Crippen LogP contribution in [0.1, 0.15) is 26.4 Å². The SMILES string of the molecule is COC(=O)c1c(N)c(C#N)cn1-c1ccc(C(N)=O)c(Cl)c1. The van der Waals surface area contributed by atoms with Gasteiger partial charge >= 0.3 is 5.97 Å². The van der Waals surface area contributed by atoms with Crippen molar-refractivity contribution in [2.75, 3.05) is 12.8 Å². The lowest BCUT2D eigenvalue weighted by atomic mass is 10.2. The van der Waals surface area contributed by atoms with Crippen LogP contribution in [0.3, 0.4) is 0 Å². The monoisotopic (exact) mass is 318 g/mol. The number of carbonyl (C=O) groups is 2. The van der Waals surface area contributed by atoms with Crippen molar-refractivity contribution < 1.29 is 14.3 Å². The molecule has 0 saturated heterocycles. The van der Waals surface area contributed by atoms with E-state index in [1.807, 2.05) is 6.07 Å². The van der Waals surface area contributed by atoms with Crippen LogP contribution in [-0.2, 0) is 4.74 Å². The number of ether oxygens (including phenoxy) is 1. The number of primary amides is 1. The molecule has 2 aromatic rings. The molecule has 0 spiro atoms. The van der Waals surface area contributed by atoms with Crippen LogP contribution in [0, 0.1) is 11.3 Å². The maximum absolute atomic E-state index is 11.9. The van der Waals surface area contributed by atoms with Crippen LogP contribution in [0.5, 0.6) is 0 Å². The number of nitrogens with two attached hydrogens (primary N) is 2. The first-order chi connectivity index (χ1) is 10.4. The maximum Gasteiger partial charge on any atom is 0.357 e. The van der Waals surface area contributed by atoms with Crippen molar-refractivity contribution in [3.63, 3.8) is 0 Å². The van der Waals surface area contributed by atoms with Gasteiger partial charge in [0.05, 0.1) is 28.9 Å². The molecule has 1 aromatic heterocycles. The molecule has 0 atom stereocenters. The molecule has 22 heavy (non-hydrogen) atoms. The normalized spacial score (nSPS) is 10.0. The summed E-state index contributed by atoms with van der Waals surface area (Å²) in [6, 6.07) is 6.27. The zero-order chi connectivity index (χ0) is 16.4. The number of nitriles is 1. The molecule has 0 unspecified atom stereocenters. The molecule has 0 fully saturated rings. The molecular weight excluding hydrogens is 308 g/mol. The Morgan fingerprint density at radius 2 is 2.09 bits per heavy atom. The fraction of sp³-hybridized carbons (Fsp3) is 0.0714. The van der Waals surface area contributed by atoms with E-state index in [1.165, 1.54) is 36.1 Å². The van der Waals surface area contributed by atoms with Gasteiger partial charge in [-0.15, -0.1) is 0 Å². The van der Waals surface area contributed by atoms with E-state index in [4.69, 9.17) is 28.3 Å². The number of amides is 1. The number of nitrogen functional groups attached to an aromatic ring is 1. The number of methoxy groups -OCH3 is 1. The second-order valence-corrected chi connectivity index (χ2v) is 4.71. The number of aromatic nitrogens is 1. The van der Waals surface area contributed by atoms with E-state index >= 15 is 0 Å². The van der Waals surface area contributed by atoms with Crippen LogP contribution in [0.15, 0.2) is 24.4 Å². The second kappa shape index (κ2) is 5.79. The largest absolute Gasteiger partial charge is 0.464 e. The van der Waals surface area contributed by atoms with Gasteiger partial charge in [-0.2, -0.15) is 5.26 Å². The minimum absolute atomic E-state index is 0.00180. The highest BCUT2D eigenvalue weighted by molar-refractivity contribution is 6.34. The maximum atomic E-state index is 11.9. The summed E-state index contributed by atoms with van der Waals surface area (Å²) in [6.45, 7) is 0. The number of hydrogen-bond donors (Lipinski definition) is 2. The molecule has 0 aliphatic heterocycles. The smallest absolute Gasteiger partial charge is 0.357 e. The van der Waals surface area contributed by atoms with Gasteiger partial charge < -0.3 is 20.8 Å². The van der Waals surface area contributed by atoms with Crippen molar-refractivity contribution >= 4 is 29.2 Å². The number of nitrogens with zero attached hydrogens (tertiary/aromatic N) is 2. The summed E-state index contributed by atoms with van der Waals surface area (Å²) in [7, 11) is 1.20. The van der Waals surface area contributed by atoms with Crippen LogP contribution >= 0.6 is 11.6 Å². The third-order valence-corrected chi connectivity index (χ3v) is 3.35. The molecule has 1 amide bonds. The molecule has 0 aliphatic rings. The van der Waals surface area contributed by atoms with Gasteiger partial charge in [0.15, 0.2) is 5.69 Å². The number of esters is 1. The summed E-state index contributed by atoms with van der Waals surface area (Å²) >= 11 is 5.99. The lowest BCUT2D eigenvalue weighted by Gasteiger charge is -2.10. The quantitative estimate of drug-likeness (QED) is 0.829. The van der Waals surface area contributed by atoms with Gasteiger partial charge in [0.1, 0.15) is 6.07 Å². The van der Waals surface area contributed by atoms with Crippen molar-refractivity contribution in [3.8, 4) is 11.8 Å². The van der Waals surface area contributed by atoms with Crippen molar-refractivity contribution in [1.29, 1.82) is 5.26 Å². The summed E-state index contributed by atoms with van der Waals surface area (Å²) in [5.41, 5.74) is 11.7. The number of carbonyl (C=O) groups excluding carboxylic acids is 2. The zero-order valence-electron chi connectivity index (χ0n) is 11.5. The van der Waals surface area contributed by atoms with E-state index in [-0.39, 0.29) is 27.5 Å². The minimum Gasteiger partial charge on any atom is -0.464 e. The van der Waals surface area contributed by atoms with Crippen molar-refractivity contribution in [3.05, 3.63) is 46.2 Å². The molecule has 0 radical (unpaired) electrons. The Balaban J connectivity index is 2.67. The second-order valence-electron chi connectivity index (χ2n) is 4.31. The first-order valence-corrected chi connectivity index (χ1v) is 6.37. The molecule has 4 N–H and O–H groups in total. The predicted molar refractivity (Wildman–Crippen MR) is 79.8 cm³/mol. The van der Waals surface area contributed by atoms with Crippen LogP contribution in [0.25, 0.3) is 5.69 Å². The Morgan fingerprint density at radius 3 is 2.59 bits per heavy atom. The van der Waals surface area contributed by atoms with E-state index in [9.17, 15) is 9.59 Å². The summed E-state index contributed by atoms with van der Waals surface area (Å²) in [5, 5.41) is 9.16. The minimum atomic E-state index is -0.700. The van der Waals surface area contributed by atoms with Gasteiger partial charge in [-0.05, 0) is 18.2 Å². The van der Waals surface area contributed by atoms with Crippen molar-refractivity contribution in [2.45, 2.75) is 0 Å². The molecule has 2 rings (SSSR count). The summed E-state index contributed by atoms with van der Waals surface area (Å²) < 4.78 is 6.04. The number of benzene rings is 1. The van der Waals surface area contributed by atoms with Crippen LogP contribution in [0.2, 0.25) is 5.02 Å². The van der Waals surface area contributed by atoms with Crippen molar-refractivity contribution in [1.82, 2.24) is 4.57 Å². The highest BCUT2D eigenvalue weighted by Crippen LogP contribution is 2.27. The third kappa shape index (κ3) is 2.47. The fourth-order valence-corrected chi connectivity index (χ4v) is 2.24. The topological polar surface area (TPSA) is 124 Å². The Kier molecular flexibility index (Phi) is 4.06. The fourth-order valence-electron chi connectivity index (χ4n) is 1.97. The molecule has 112 valence electrons. The van der Waals surface area contributed by atoms with Crippen LogP contribution < -0.4 is 11.5 Å². The first-order valence-electron chi connectivity index (χ1n) is 5.99. The lowest BCUT2D eigenvalue weighted by Crippen LogP contribution is -2.13. The van der Waals surface area contributed by atoms with Gasteiger partial charge in [0.2, 0.25) is 5.91 Å². The summed E-state index contributed by atoms with van der Waals surface area (Å²) in [6.07, 6.45) is 1.39. The molecule has 0 aliphatic carbocycles. The Labute approximate surface area is 130 Å². The van der Waals surface area contributed by atoms with Gasteiger partial charge in [0, 0.05) is 11.9 Å². The Hall–Kier alpha value is -2.98. The molecule has 1 aromatic carbocycles. The third-order valence-electron chi connectivity index (χ3n) is 3.04. The molecule has 0 bridgehead atoms. The van der Waals surface area contributed by atoms with Gasteiger partial charge in [-0.1, -0.05) is 11.6 Å². The standard InChI is InChI=1S/C14H11ClN4O3/c1-22-14(21)12-11(17)7(5-16)6-19(12)8-2-3-9(13(18)20)10(15)4-8/h2-4,6H,17H2,1H3,(H2,18,20). The number of rotatable bonds is 3. The average Bonchev–Trinajstić information content (AvgIpc) is 2.82. The number of anilines is 1. The van der Waals surface area contributed by atoms with E-state index in [2.05, 4.69) is 4.74 Å². The molecule has 1 heterocycles. The van der Waals surface area contributed by atoms with E-state index < -0.39 is 11.9 Å². The Bertz CT molecular complexity index is 820. The first kappa shape index (κ1) is 15.4. The number of halogens is 1. The van der Waals surface area contributed by atoms with Crippen LogP contribution in [0.4, 0.5) is 5.69 Å². The Morgan fingerprint density at radius 1 is 1.41 bits per heavy atom. The van der Waals surface area contributed by atoms with Crippen LogP contribution in [-0.4, -0.2) is 23.6 Å². The van der Waals surface area contributed by atoms with Crippen molar-refractivity contribution in [2.24, 2.45) is 5.73 Å². The molecule has 7 nitrogen and oxygen atoms in total. The summed E-state index contributed by atoms with van der Waals surface area (Å²) in [4.78, 5) is 23.1. The van der Waals surface area contributed by atoms with E-state index in [0.29, 0.717) is 5.69 Å². The lowest BCUT2D eigenvalue weighted by molar-refractivity contribution is 0.0593. The van der Waals surface area contributed by atoms with E-state index in [1.54, 1.807) is 0 Å². The van der Waals surface area contributed by atoms with Gasteiger partial charge in [-0.3, -0.25) is 4.79 Å². The average molecular weight is 319 g/mol. The number of hydrogen-bond acceptors (Lipinski definition) is 5. The predicted octanol–water partition coefficient (Wildman–Crippen LogP) is 1.47. The van der Waals surface area contributed by atoms with Gasteiger partial charge in [-0.25, -0.2) is 4.79 Å². The molecule has 8 heteroatoms. The molecular formula is C14H11ClN4O3. The molecule has 0 saturated carbocycles.